The van der Waals surface area contributed by atoms with Crippen LogP contribution in [-0.2, 0) is 52.3 Å². The number of rotatable bonds is 13. The fourth-order valence-electron chi connectivity index (χ4n) is 8.89. The molecule has 3 fully saturated rings. The molecule has 0 aromatic heterocycles. The Morgan fingerprint density at radius 2 is 1.21 bits per heavy atom. The van der Waals surface area contributed by atoms with E-state index in [2.05, 4.69) is 0 Å². The predicted octanol–water partition coefficient (Wildman–Crippen LogP) is 5.17. The third-order valence-corrected chi connectivity index (χ3v) is 11.9. The molecular weight excluding hydrogens is 740 g/mol. The second kappa shape index (κ2) is 16.6. The van der Waals surface area contributed by atoms with Crippen LogP contribution in [-0.4, -0.2) is 94.9 Å². The summed E-state index contributed by atoms with van der Waals surface area (Å²) < 4.78 is 44.5. The summed E-state index contributed by atoms with van der Waals surface area (Å²) in [5.74, 6) is -7.44. The first kappa shape index (κ1) is 43.3. The summed E-state index contributed by atoms with van der Waals surface area (Å²) in [4.78, 5) is 82.6. The minimum Gasteiger partial charge on any atom is -0.464 e. The first-order valence-corrected chi connectivity index (χ1v) is 19.4. The Balaban J connectivity index is 1.93. The van der Waals surface area contributed by atoms with Crippen LogP contribution in [0.15, 0.2) is 60.7 Å². The second-order valence-corrected chi connectivity index (χ2v) is 16.2. The van der Waals surface area contributed by atoms with Crippen molar-refractivity contribution >= 4 is 35.8 Å². The van der Waals surface area contributed by atoms with Crippen LogP contribution in [0.2, 0.25) is 0 Å². The number of ether oxygens (including phenoxy) is 7. The Morgan fingerprint density at radius 1 is 0.702 bits per heavy atom. The molecule has 14 heteroatoms. The lowest BCUT2D eigenvalue weighted by molar-refractivity contribution is -0.363. The summed E-state index contributed by atoms with van der Waals surface area (Å²) in [6.45, 7) is 12.9. The van der Waals surface area contributed by atoms with Gasteiger partial charge in [-0.1, -0.05) is 64.1 Å². The van der Waals surface area contributed by atoms with Crippen LogP contribution in [0.25, 0.3) is 0 Å². The average Bonchev–Trinajstić information content (AvgIpc) is 3.37. The maximum Gasteiger partial charge on any atom is 0.338 e. The molecule has 2 aromatic rings. The molecule has 2 aliphatic carbocycles. The van der Waals surface area contributed by atoms with Gasteiger partial charge in [-0.25, -0.2) is 9.59 Å². The average molecular weight is 795 g/mol. The number of aliphatic hydroxyl groups is 1. The monoisotopic (exact) mass is 794 g/mol. The summed E-state index contributed by atoms with van der Waals surface area (Å²) in [7, 11) is 0. The van der Waals surface area contributed by atoms with Gasteiger partial charge in [-0.2, -0.15) is 0 Å². The fourth-order valence-corrected chi connectivity index (χ4v) is 8.89. The zero-order chi connectivity index (χ0) is 42.1. The molecule has 3 aliphatic rings. The van der Waals surface area contributed by atoms with Crippen LogP contribution >= 0.6 is 0 Å². The summed E-state index contributed by atoms with van der Waals surface area (Å²) >= 11 is 0. The van der Waals surface area contributed by atoms with Crippen molar-refractivity contribution in [2.24, 2.45) is 23.2 Å². The molecule has 11 atom stereocenters. The van der Waals surface area contributed by atoms with E-state index >= 15 is 0 Å². The molecule has 0 radical (unpaired) electrons. The minimum atomic E-state index is -2.34. The van der Waals surface area contributed by atoms with Crippen LogP contribution in [0.4, 0.5) is 0 Å². The van der Waals surface area contributed by atoms with Crippen molar-refractivity contribution < 1.29 is 67.0 Å². The van der Waals surface area contributed by atoms with Crippen LogP contribution in [0, 0.1) is 23.2 Å². The van der Waals surface area contributed by atoms with E-state index in [4.69, 9.17) is 33.2 Å². The summed E-state index contributed by atoms with van der Waals surface area (Å²) in [5.41, 5.74) is -8.08. The Kier molecular flexibility index (Phi) is 12.6. The van der Waals surface area contributed by atoms with E-state index in [0.29, 0.717) is 12.8 Å². The number of hydrogen-bond acceptors (Lipinski definition) is 14. The molecule has 1 spiro atoms. The van der Waals surface area contributed by atoms with Gasteiger partial charge >= 0.3 is 35.8 Å². The van der Waals surface area contributed by atoms with Gasteiger partial charge in [-0.15, -0.1) is 0 Å². The highest BCUT2D eigenvalue weighted by Gasteiger charge is 2.89. The molecule has 1 aliphatic heterocycles. The predicted molar refractivity (Wildman–Crippen MR) is 201 cm³/mol. The first-order chi connectivity index (χ1) is 26.8. The molecule has 0 amide bonds. The van der Waals surface area contributed by atoms with E-state index in [0.717, 1.165) is 13.8 Å². The van der Waals surface area contributed by atoms with E-state index in [1.54, 1.807) is 77.9 Å². The maximum absolute atomic E-state index is 14.3. The minimum absolute atomic E-state index is 0.0790. The molecular formula is C43H54O14. The number of hydrogen-bond donors (Lipinski definition) is 1. The van der Waals surface area contributed by atoms with Crippen molar-refractivity contribution in [3.8, 4) is 0 Å². The number of benzene rings is 2. The molecule has 2 aromatic carbocycles. The van der Waals surface area contributed by atoms with Crippen molar-refractivity contribution in [3.05, 3.63) is 71.8 Å². The standard InChI is InChI=1S/C43H54O14/c1-10-24(3)36(46)51-23-42-33(55-39(49)29-20-16-13-17-21-29)30(52-26(5)44)22-41(9,50)43(42)34(53-27(6)45)31(40(7,8)57-43)32(35(42)56-37(47)25(4)11-2)54-38(48)28-18-14-12-15-19-28/h12-21,24-25,30-35,50H,10-11,22-23H2,1-9H3. The lowest BCUT2D eigenvalue weighted by Crippen LogP contribution is -2.85. The van der Waals surface area contributed by atoms with Crippen LogP contribution in [0.1, 0.15) is 102 Å². The SMILES string of the molecule is CCC(C)C(=O)OCC12C(OC(=O)c3ccccc3)C(OC(C)=O)CC(C)(O)C13OC(C)(C)C(C(OC(=O)c1ccccc1)C2OC(=O)C(C)CC)C3OC(C)=O. The number of carbonyl (C=O) groups is 6. The highest BCUT2D eigenvalue weighted by Crippen LogP contribution is 2.69. The van der Waals surface area contributed by atoms with Crippen molar-refractivity contribution in [2.75, 3.05) is 6.61 Å². The lowest BCUT2D eigenvalue weighted by Gasteiger charge is -2.66. The van der Waals surface area contributed by atoms with E-state index in [9.17, 15) is 33.9 Å². The molecule has 1 saturated heterocycles. The smallest absolute Gasteiger partial charge is 0.338 e. The normalized spacial score (nSPS) is 32.0. The van der Waals surface area contributed by atoms with Gasteiger partial charge in [0, 0.05) is 20.3 Å². The van der Waals surface area contributed by atoms with Gasteiger partial charge in [0.05, 0.1) is 40.1 Å². The van der Waals surface area contributed by atoms with Crippen LogP contribution in [0.3, 0.4) is 0 Å². The van der Waals surface area contributed by atoms with Crippen LogP contribution < -0.4 is 0 Å². The highest BCUT2D eigenvalue weighted by molar-refractivity contribution is 5.90. The van der Waals surface area contributed by atoms with Gasteiger partial charge in [-0.3, -0.25) is 19.2 Å². The Bertz CT molecular complexity index is 1820. The largest absolute Gasteiger partial charge is 0.464 e. The molecule has 5 rings (SSSR count). The zero-order valence-corrected chi connectivity index (χ0v) is 34.0. The van der Waals surface area contributed by atoms with E-state index < -0.39 is 119 Å². The Labute approximate surface area is 332 Å². The van der Waals surface area contributed by atoms with Gasteiger partial charge in [0.2, 0.25) is 0 Å². The summed E-state index contributed by atoms with van der Waals surface area (Å²) in [6, 6.07) is 15.9. The number of carbonyl (C=O) groups excluding carboxylic acids is 6. The topological polar surface area (TPSA) is 187 Å². The number of fused-ring (bicyclic) bond motifs is 1. The van der Waals surface area contributed by atoms with Gasteiger partial charge < -0.3 is 38.3 Å². The molecule has 1 heterocycles. The lowest BCUT2D eigenvalue weighted by atomic mass is 9.45. The zero-order valence-electron chi connectivity index (χ0n) is 34.0. The summed E-state index contributed by atoms with van der Waals surface area (Å²) in [6.07, 6.45) is -7.96. The van der Waals surface area contributed by atoms with Gasteiger partial charge in [0.15, 0.2) is 17.8 Å². The van der Waals surface area contributed by atoms with Crippen molar-refractivity contribution in [1.82, 2.24) is 0 Å². The maximum atomic E-state index is 14.3. The Morgan fingerprint density at radius 3 is 1.72 bits per heavy atom. The molecule has 1 N–H and O–H groups in total. The van der Waals surface area contributed by atoms with E-state index in [1.807, 2.05) is 0 Å². The van der Waals surface area contributed by atoms with E-state index in [-0.39, 0.29) is 11.1 Å². The second-order valence-electron chi connectivity index (χ2n) is 16.2. The molecule has 2 saturated carbocycles. The third kappa shape index (κ3) is 7.77. The molecule has 310 valence electrons. The van der Waals surface area contributed by atoms with Gasteiger partial charge in [0.25, 0.3) is 0 Å². The Hall–Kier alpha value is -4.82. The van der Waals surface area contributed by atoms with Crippen LogP contribution in [0.5, 0.6) is 0 Å². The van der Waals surface area contributed by atoms with Gasteiger partial charge in [-0.05, 0) is 57.9 Å². The number of esters is 6. The fraction of sp³-hybridized carbons (Fsp3) is 0.581. The molecule has 14 nitrogen and oxygen atoms in total. The van der Waals surface area contributed by atoms with Crippen molar-refractivity contribution in [3.63, 3.8) is 0 Å². The molecule has 11 unspecified atom stereocenters. The quantitative estimate of drug-likeness (QED) is 0.207. The highest BCUT2D eigenvalue weighted by atomic mass is 16.7. The summed E-state index contributed by atoms with van der Waals surface area (Å²) in [5, 5.41) is 13.0. The van der Waals surface area contributed by atoms with Crippen molar-refractivity contribution in [1.29, 1.82) is 0 Å². The van der Waals surface area contributed by atoms with Crippen molar-refractivity contribution in [2.45, 2.75) is 129 Å². The molecule has 2 bridgehead atoms. The first-order valence-electron chi connectivity index (χ1n) is 19.4. The molecule has 57 heavy (non-hydrogen) atoms. The third-order valence-electron chi connectivity index (χ3n) is 11.9. The van der Waals surface area contributed by atoms with E-state index in [1.165, 1.54) is 31.2 Å². The van der Waals surface area contributed by atoms with Gasteiger partial charge in [0.1, 0.15) is 30.3 Å².